The molecule has 0 radical (unpaired) electrons. The summed E-state index contributed by atoms with van der Waals surface area (Å²) in [7, 11) is -2.06. The number of ether oxygens (including phenoxy) is 1. The van der Waals surface area contributed by atoms with Crippen LogP contribution in [0, 0.1) is 6.92 Å². The molecule has 0 aliphatic rings. The lowest BCUT2D eigenvalue weighted by Gasteiger charge is -2.12. The second-order valence-electron chi connectivity index (χ2n) is 5.24. The van der Waals surface area contributed by atoms with Crippen molar-refractivity contribution in [1.29, 1.82) is 0 Å². The van der Waals surface area contributed by atoms with E-state index in [1.54, 1.807) is 26.2 Å². The van der Waals surface area contributed by atoms with Gasteiger partial charge in [0.15, 0.2) is 0 Å². The van der Waals surface area contributed by atoms with E-state index in [1.807, 2.05) is 30.3 Å². The van der Waals surface area contributed by atoms with Crippen molar-refractivity contribution in [3.8, 4) is 5.75 Å². The van der Waals surface area contributed by atoms with Gasteiger partial charge < -0.3 is 9.84 Å². The number of hydrogen-bond donors (Lipinski definition) is 2. The van der Waals surface area contributed by atoms with Gasteiger partial charge in [0.25, 0.3) is 0 Å². The number of benzene rings is 2. The van der Waals surface area contributed by atoms with Crippen molar-refractivity contribution >= 4 is 10.0 Å². The van der Waals surface area contributed by atoms with Gasteiger partial charge in [0.1, 0.15) is 5.75 Å². The van der Waals surface area contributed by atoms with Gasteiger partial charge in [-0.05, 0) is 42.7 Å². The molecule has 0 bridgehead atoms. The molecule has 2 rings (SSSR count). The first kappa shape index (κ1) is 17.5. The van der Waals surface area contributed by atoms with Crippen LogP contribution in [0.25, 0.3) is 0 Å². The molecule has 0 aromatic heterocycles. The van der Waals surface area contributed by atoms with Crippen LogP contribution in [0.3, 0.4) is 0 Å². The molecule has 0 saturated carbocycles. The summed E-state index contributed by atoms with van der Waals surface area (Å²) in [5, 5.41) is 10.0. The van der Waals surface area contributed by atoms with Gasteiger partial charge in [-0.15, -0.1) is 0 Å². The fourth-order valence-electron chi connectivity index (χ4n) is 2.27. The number of aliphatic hydroxyl groups is 1. The lowest BCUT2D eigenvalue weighted by molar-refractivity contribution is 0.169. The van der Waals surface area contributed by atoms with Crippen LogP contribution >= 0.6 is 0 Å². The molecule has 2 N–H and O–H groups in total. The maximum absolute atomic E-state index is 12.3. The molecule has 6 heteroatoms. The number of rotatable bonds is 7. The van der Waals surface area contributed by atoms with E-state index in [-0.39, 0.29) is 11.4 Å². The highest BCUT2D eigenvalue weighted by Gasteiger charge is 2.16. The van der Waals surface area contributed by atoms with Crippen LogP contribution < -0.4 is 9.46 Å². The predicted molar refractivity (Wildman–Crippen MR) is 88.9 cm³/mol. The van der Waals surface area contributed by atoms with E-state index >= 15 is 0 Å². The highest BCUT2D eigenvalue weighted by atomic mass is 32.2. The third-order valence-corrected chi connectivity index (χ3v) is 5.03. The monoisotopic (exact) mass is 335 g/mol. The summed E-state index contributed by atoms with van der Waals surface area (Å²) in [6.07, 6.45) is -0.394. The number of aryl methyl sites for hydroxylation is 1. The van der Waals surface area contributed by atoms with E-state index in [9.17, 15) is 13.5 Å². The van der Waals surface area contributed by atoms with Crippen molar-refractivity contribution in [2.45, 2.75) is 24.3 Å². The molecule has 0 unspecified atom stereocenters. The number of aliphatic hydroxyl groups excluding tert-OH is 1. The Labute approximate surface area is 137 Å². The summed E-state index contributed by atoms with van der Waals surface area (Å²) in [6.45, 7) is 1.94. The van der Waals surface area contributed by atoms with Gasteiger partial charge in [0, 0.05) is 6.54 Å². The molecule has 124 valence electrons. The highest BCUT2D eigenvalue weighted by Crippen LogP contribution is 2.21. The molecule has 0 heterocycles. The molecule has 0 aliphatic heterocycles. The minimum Gasteiger partial charge on any atom is -0.496 e. The molecular formula is C17H21NO4S. The quantitative estimate of drug-likeness (QED) is 0.815. The largest absolute Gasteiger partial charge is 0.496 e. The summed E-state index contributed by atoms with van der Waals surface area (Å²) in [4.78, 5) is 0.185. The summed E-state index contributed by atoms with van der Waals surface area (Å²) in [5.74, 6) is 0.642. The topological polar surface area (TPSA) is 75.6 Å². The van der Waals surface area contributed by atoms with Crippen molar-refractivity contribution in [2.75, 3.05) is 13.7 Å². The Kier molecular flexibility index (Phi) is 5.76. The molecule has 0 fully saturated rings. The zero-order valence-corrected chi connectivity index (χ0v) is 14.0. The molecule has 0 spiro atoms. The molecule has 0 amide bonds. The van der Waals surface area contributed by atoms with Crippen molar-refractivity contribution in [3.63, 3.8) is 0 Å². The van der Waals surface area contributed by atoms with E-state index in [1.165, 1.54) is 6.07 Å². The second-order valence-corrected chi connectivity index (χ2v) is 7.01. The Morgan fingerprint density at radius 2 is 1.87 bits per heavy atom. The summed E-state index contributed by atoms with van der Waals surface area (Å²) in [5.41, 5.74) is 1.52. The standard InChI is InChI=1S/C17H21NO4S/c1-13-12-15(8-9-17(13)22-2)23(20,21)18-11-10-16(19)14-6-4-3-5-7-14/h3-9,12,16,18-19H,10-11H2,1-2H3/t16-/m1/s1. The van der Waals surface area contributed by atoms with E-state index in [2.05, 4.69) is 4.72 Å². The van der Waals surface area contributed by atoms with Gasteiger partial charge >= 0.3 is 0 Å². The van der Waals surface area contributed by atoms with Gasteiger partial charge in [0.2, 0.25) is 10.0 Å². The summed E-state index contributed by atoms with van der Waals surface area (Å²) in [6, 6.07) is 13.9. The molecule has 23 heavy (non-hydrogen) atoms. The van der Waals surface area contributed by atoms with Crippen LogP contribution in [-0.4, -0.2) is 27.2 Å². The number of sulfonamides is 1. The fourth-order valence-corrected chi connectivity index (χ4v) is 3.41. The highest BCUT2D eigenvalue weighted by molar-refractivity contribution is 7.89. The van der Waals surface area contributed by atoms with Gasteiger partial charge in [-0.2, -0.15) is 0 Å². The van der Waals surface area contributed by atoms with Gasteiger partial charge in [-0.3, -0.25) is 0 Å². The van der Waals surface area contributed by atoms with Crippen molar-refractivity contribution in [3.05, 3.63) is 59.7 Å². The first-order valence-electron chi connectivity index (χ1n) is 7.31. The van der Waals surface area contributed by atoms with Crippen LogP contribution in [0.1, 0.15) is 23.7 Å². The Hall–Kier alpha value is -1.89. The zero-order chi connectivity index (χ0) is 16.9. The van der Waals surface area contributed by atoms with Gasteiger partial charge in [-0.25, -0.2) is 13.1 Å². The van der Waals surface area contributed by atoms with E-state index in [4.69, 9.17) is 4.74 Å². The number of hydrogen-bond acceptors (Lipinski definition) is 4. The number of methoxy groups -OCH3 is 1. The molecule has 1 atom stereocenters. The van der Waals surface area contributed by atoms with Crippen LogP contribution in [0.2, 0.25) is 0 Å². The van der Waals surface area contributed by atoms with Crippen molar-refractivity contribution < 1.29 is 18.3 Å². The number of nitrogens with one attached hydrogen (secondary N) is 1. The maximum Gasteiger partial charge on any atom is 0.240 e. The lowest BCUT2D eigenvalue weighted by Crippen LogP contribution is -2.26. The van der Waals surface area contributed by atoms with E-state index in [0.717, 1.165) is 11.1 Å². The average molecular weight is 335 g/mol. The lowest BCUT2D eigenvalue weighted by atomic mass is 10.1. The van der Waals surface area contributed by atoms with Crippen LogP contribution in [0.5, 0.6) is 5.75 Å². The minimum atomic E-state index is -3.60. The molecule has 0 aliphatic carbocycles. The normalized spacial score (nSPS) is 12.8. The van der Waals surface area contributed by atoms with Gasteiger partial charge in [0.05, 0.1) is 18.1 Å². The van der Waals surface area contributed by atoms with Crippen LogP contribution in [-0.2, 0) is 10.0 Å². The Bertz CT molecular complexity index is 744. The summed E-state index contributed by atoms with van der Waals surface area (Å²) < 4.78 is 32.2. The molecule has 2 aromatic carbocycles. The van der Waals surface area contributed by atoms with Gasteiger partial charge in [-0.1, -0.05) is 30.3 Å². The first-order chi connectivity index (χ1) is 10.9. The van der Waals surface area contributed by atoms with E-state index in [0.29, 0.717) is 12.2 Å². The third kappa shape index (κ3) is 4.54. The third-order valence-electron chi connectivity index (χ3n) is 3.57. The first-order valence-corrected chi connectivity index (χ1v) is 8.79. The smallest absolute Gasteiger partial charge is 0.240 e. The second kappa shape index (κ2) is 7.59. The molecule has 2 aromatic rings. The van der Waals surface area contributed by atoms with Crippen LogP contribution in [0.4, 0.5) is 0 Å². The average Bonchev–Trinajstić information content (AvgIpc) is 2.55. The Morgan fingerprint density at radius 3 is 2.48 bits per heavy atom. The van der Waals surface area contributed by atoms with Crippen molar-refractivity contribution in [1.82, 2.24) is 4.72 Å². The Morgan fingerprint density at radius 1 is 1.17 bits per heavy atom. The molecule has 5 nitrogen and oxygen atoms in total. The van der Waals surface area contributed by atoms with Crippen molar-refractivity contribution in [2.24, 2.45) is 0 Å². The maximum atomic E-state index is 12.3. The zero-order valence-electron chi connectivity index (χ0n) is 13.2. The fraction of sp³-hybridized carbons (Fsp3) is 0.294. The SMILES string of the molecule is COc1ccc(S(=O)(=O)NCC[C@@H](O)c2ccccc2)cc1C. The minimum absolute atomic E-state index is 0.156. The molecular weight excluding hydrogens is 314 g/mol. The summed E-state index contributed by atoms with van der Waals surface area (Å²) >= 11 is 0. The predicted octanol–water partition coefficient (Wildman–Crippen LogP) is 2.41. The molecule has 0 saturated heterocycles. The van der Waals surface area contributed by atoms with Crippen LogP contribution in [0.15, 0.2) is 53.4 Å². The Balaban J connectivity index is 1.98. The van der Waals surface area contributed by atoms with E-state index < -0.39 is 16.1 Å².